The molecule has 0 atom stereocenters. The molecule has 156 valence electrons. The lowest BCUT2D eigenvalue weighted by Crippen LogP contribution is -2.23. The molecule has 2 N–H and O–H groups in total. The minimum Gasteiger partial charge on any atom is -0.352 e. The number of hydrogen-bond donors (Lipinski definition) is 2. The minimum atomic E-state index is -0.154. The smallest absolute Gasteiger partial charge is 0.251 e. The fraction of sp³-hybridized carbons (Fsp3) is 0.333. The van der Waals surface area contributed by atoms with Crippen molar-refractivity contribution in [2.24, 2.45) is 0 Å². The second kappa shape index (κ2) is 9.44. The van der Waals surface area contributed by atoms with E-state index in [-0.39, 0.29) is 17.6 Å². The zero-order valence-corrected chi connectivity index (χ0v) is 18.3. The van der Waals surface area contributed by atoms with Crippen molar-refractivity contribution in [1.82, 2.24) is 20.1 Å². The van der Waals surface area contributed by atoms with Crippen LogP contribution >= 0.6 is 23.1 Å². The first-order valence-electron chi connectivity index (χ1n) is 9.91. The van der Waals surface area contributed by atoms with Gasteiger partial charge < -0.3 is 15.2 Å². The van der Waals surface area contributed by atoms with Crippen LogP contribution in [0.3, 0.4) is 0 Å². The van der Waals surface area contributed by atoms with Crippen LogP contribution < -0.4 is 10.6 Å². The molecular formula is C21H23N5O2S2. The van der Waals surface area contributed by atoms with Crippen molar-refractivity contribution in [1.29, 1.82) is 0 Å². The van der Waals surface area contributed by atoms with Crippen molar-refractivity contribution in [3.05, 3.63) is 58.0 Å². The quantitative estimate of drug-likeness (QED) is 0.494. The molecule has 2 heterocycles. The number of thioether (sulfide) groups is 1. The summed E-state index contributed by atoms with van der Waals surface area (Å²) in [7, 11) is 0. The molecule has 9 heteroatoms. The van der Waals surface area contributed by atoms with E-state index in [9.17, 15) is 9.59 Å². The fourth-order valence-electron chi connectivity index (χ4n) is 3.12. The van der Waals surface area contributed by atoms with E-state index >= 15 is 0 Å². The SMILES string of the molecule is CCNC(=O)c1cccc(NC(=O)CSc2nnc(Cc3cccs3)n2C2CC2)c1. The van der Waals surface area contributed by atoms with Crippen LogP contribution in [-0.2, 0) is 11.2 Å². The van der Waals surface area contributed by atoms with Crippen LogP contribution in [0, 0.1) is 0 Å². The average molecular weight is 442 g/mol. The number of aromatic nitrogens is 3. The summed E-state index contributed by atoms with van der Waals surface area (Å²) < 4.78 is 2.19. The molecule has 3 aromatic rings. The molecule has 0 aliphatic heterocycles. The second-order valence-electron chi connectivity index (χ2n) is 7.03. The largest absolute Gasteiger partial charge is 0.352 e. The molecule has 0 spiro atoms. The maximum absolute atomic E-state index is 12.5. The highest BCUT2D eigenvalue weighted by atomic mass is 32.2. The molecule has 7 nitrogen and oxygen atoms in total. The molecule has 0 radical (unpaired) electrons. The maximum Gasteiger partial charge on any atom is 0.251 e. The molecule has 1 saturated carbocycles. The summed E-state index contributed by atoms with van der Waals surface area (Å²) in [5.41, 5.74) is 1.13. The van der Waals surface area contributed by atoms with Gasteiger partial charge in [-0.2, -0.15) is 0 Å². The summed E-state index contributed by atoms with van der Waals surface area (Å²) in [5.74, 6) is 0.893. The molecule has 1 aliphatic rings. The normalized spacial score (nSPS) is 13.2. The van der Waals surface area contributed by atoms with Gasteiger partial charge in [0.25, 0.3) is 5.91 Å². The van der Waals surface area contributed by atoms with Crippen molar-refractivity contribution >= 4 is 40.6 Å². The van der Waals surface area contributed by atoms with Crippen molar-refractivity contribution < 1.29 is 9.59 Å². The Hall–Kier alpha value is -2.65. The number of carbonyl (C=O) groups excluding carboxylic acids is 2. The molecule has 30 heavy (non-hydrogen) atoms. The molecule has 1 aliphatic carbocycles. The molecule has 1 fully saturated rings. The van der Waals surface area contributed by atoms with Gasteiger partial charge in [-0.1, -0.05) is 23.9 Å². The summed E-state index contributed by atoms with van der Waals surface area (Å²) in [5, 5.41) is 17.2. The van der Waals surface area contributed by atoms with Crippen molar-refractivity contribution in [2.75, 3.05) is 17.6 Å². The number of hydrogen-bond acceptors (Lipinski definition) is 6. The number of nitrogens with zero attached hydrogens (tertiary/aromatic N) is 3. The highest BCUT2D eigenvalue weighted by molar-refractivity contribution is 7.99. The Morgan fingerprint density at radius 3 is 2.83 bits per heavy atom. The van der Waals surface area contributed by atoms with Gasteiger partial charge in [-0.3, -0.25) is 9.59 Å². The van der Waals surface area contributed by atoms with E-state index in [1.807, 2.05) is 13.0 Å². The minimum absolute atomic E-state index is 0.141. The lowest BCUT2D eigenvalue weighted by Gasteiger charge is -2.09. The topological polar surface area (TPSA) is 88.9 Å². The Bertz CT molecular complexity index is 1030. The molecule has 4 rings (SSSR count). The van der Waals surface area contributed by atoms with E-state index in [1.165, 1.54) is 16.6 Å². The first-order chi connectivity index (χ1) is 14.6. The number of rotatable bonds is 9. The first-order valence-corrected chi connectivity index (χ1v) is 11.8. The average Bonchev–Trinajstić information content (AvgIpc) is 3.29. The van der Waals surface area contributed by atoms with Gasteiger partial charge in [-0.15, -0.1) is 21.5 Å². The third-order valence-corrected chi connectivity index (χ3v) is 6.46. The number of benzene rings is 1. The molecule has 2 aromatic heterocycles. The Morgan fingerprint density at radius 1 is 1.23 bits per heavy atom. The molecule has 1 aromatic carbocycles. The third-order valence-electron chi connectivity index (χ3n) is 4.64. The maximum atomic E-state index is 12.5. The number of carbonyl (C=O) groups is 2. The van der Waals surface area contributed by atoms with E-state index in [2.05, 4.69) is 36.8 Å². The summed E-state index contributed by atoms with van der Waals surface area (Å²) in [4.78, 5) is 25.7. The van der Waals surface area contributed by atoms with Gasteiger partial charge in [0.15, 0.2) is 5.16 Å². The number of thiophene rings is 1. The predicted molar refractivity (Wildman–Crippen MR) is 119 cm³/mol. The molecule has 0 bridgehead atoms. The van der Waals surface area contributed by atoms with Crippen LogP contribution in [0.4, 0.5) is 5.69 Å². The second-order valence-corrected chi connectivity index (χ2v) is 9.01. The monoisotopic (exact) mass is 441 g/mol. The molecular weight excluding hydrogens is 418 g/mol. The van der Waals surface area contributed by atoms with Gasteiger partial charge in [-0.05, 0) is 49.4 Å². The Balaban J connectivity index is 1.38. The van der Waals surface area contributed by atoms with Crippen LogP contribution in [-0.4, -0.2) is 38.9 Å². The summed E-state index contributed by atoms with van der Waals surface area (Å²) in [6, 6.07) is 11.5. The van der Waals surface area contributed by atoms with Gasteiger partial charge in [0.1, 0.15) is 5.82 Å². The zero-order chi connectivity index (χ0) is 20.9. The first kappa shape index (κ1) is 20.6. The van der Waals surface area contributed by atoms with E-state index in [1.54, 1.807) is 35.6 Å². The number of anilines is 1. The third kappa shape index (κ3) is 5.09. The molecule has 0 unspecified atom stereocenters. The van der Waals surface area contributed by atoms with Crippen molar-refractivity contribution in [2.45, 2.75) is 37.4 Å². The van der Waals surface area contributed by atoms with Crippen LogP contribution in [0.2, 0.25) is 0 Å². The van der Waals surface area contributed by atoms with Gasteiger partial charge in [0, 0.05) is 35.1 Å². The highest BCUT2D eigenvalue weighted by Gasteiger charge is 2.30. The van der Waals surface area contributed by atoms with Gasteiger partial charge in [0.05, 0.1) is 5.75 Å². The highest BCUT2D eigenvalue weighted by Crippen LogP contribution is 2.39. The summed E-state index contributed by atoms with van der Waals surface area (Å²) in [6.45, 7) is 2.43. The van der Waals surface area contributed by atoms with E-state index in [0.717, 1.165) is 30.2 Å². The van der Waals surface area contributed by atoms with Crippen LogP contribution in [0.1, 0.15) is 46.9 Å². The van der Waals surface area contributed by atoms with Crippen LogP contribution in [0.5, 0.6) is 0 Å². The zero-order valence-electron chi connectivity index (χ0n) is 16.6. The number of nitrogens with one attached hydrogen (secondary N) is 2. The van der Waals surface area contributed by atoms with E-state index in [4.69, 9.17) is 0 Å². The van der Waals surface area contributed by atoms with E-state index in [0.29, 0.717) is 23.8 Å². The predicted octanol–water partition coefficient (Wildman–Crippen LogP) is 3.75. The summed E-state index contributed by atoms with van der Waals surface area (Å²) >= 11 is 3.11. The Kier molecular flexibility index (Phi) is 6.49. The fourth-order valence-corrected chi connectivity index (χ4v) is 4.65. The lowest BCUT2D eigenvalue weighted by molar-refractivity contribution is -0.113. The lowest BCUT2D eigenvalue weighted by atomic mass is 10.2. The van der Waals surface area contributed by atoms with Crippen molar-refractivity contribution in [3.8, 4) is 0 Å². The summed E-state index contributed by atoms with van der Waals surface area (Å²) in [6.07, 6.45) is 3.02. The number of amides is 2. The van der Waals surface area contributed by atoms with Crippen LogP contribution in [0.15, 0.2) is 46.9 Å². The Labute approximate surface area is 183 Å². The van der Waals surface area contributed by atoms with Gasteiger partial charge in [0.2, 0.25) is 5.91 Å². The van der Waals surface area contributed by atoms with E-state index < -0.39 is 0 Å². The molecule has 0 saturated heterocycles. The van der Waals surface area contributed by atoms with Crippen molar-refractivity contribution in [3.63, 3.8) is 0 Å². The van der Waals surface area contributed by atoms with Crippen LogP contribution in [0.25, 0.3) is 0 Å². The van der Waals surface area contributed by atoms with Gasteiger partial charge >= 0.3 is 0 Å². The van der Waals surface area contributed by atoms with Gasteiger partial charge in [-0.25, -0.2) is 0 Å². The molecule has 2 amide bonds. The Morgan fingerprint density at radius 2 is 2.10 bits per heavy atom. The standard InChI is InChI=1S/C21H23N5O2S2/c1-2-22-20(28)14-5-3-6-15(11-14)23-19(27)13-30-21-25-24-18(26(21)16-8-9-16)12-17-7-4-10-29-17/h3-7,10-11,16H,2,8-9,12-13H2,1H3,(H,22,28)(H,23,27).